The van der Waals surface area contributed by atoms with Crippen LogP contribution in [0.5, 0.6) is 0 Å². The number of hydrogen-bond donors (Lipinski definition) is 0. The van der Waals surface area contributed by atoms with Crippen LogP contribution in [0.25, 0.3) is 0 Å². The van der Waals surface area contributed by atoms with E-state index in [4.69, 9.17) is 4.74 Å². The predicted molar refractivity (Wildman–Crippen MR) is 63.6 cm³/mol. The summed E-state index contributed by atoms with van der Waals surface area (Å²) in [5.74, 6) is 0.782. The standard InChI is InChI=1S/C13H26O2/c1-7-8-11(6)13(14)15-12(9(2)3)10(4)5/h9-12H,7-8H2,1-6H3. The molecular weight excluding hydrogens is 188 g/mol. The van der Waals surface area contributed by atoms with Gasteiger partial charge in [0.05, 0.1) is 5.92 Å². The first kappa shape index (κ1) is 14.5. The Bertz CT molecular complexity index is 177. The Morgan fingerprint density at radius 3 is 1.87 bits per heavy atom. The molecule has 0 aliphatic carbocycles. The molecule has 0 rings (SSSR count). The topological polar surface area (TPSA) is 26.3 Å². The molecule has 0 spiro atoms. The van der Waals surface area contributed by atoms with E-state index >= 15 is 0 Å². The largest absolute Gasteiger partial charge is 0.462 e. The van der Waals surface area contributed by atoms with Gasteiger partial charge in [0.25, 0.3) is 0 Å². The summed E-state index contributed by atoms with van der Waals surface area (Å²) in [4.78, 5) is 11.7. The highest BCUT2D eigenvalue weighted by atomic mass is 16.5. The lowest BCUT2D eigenvalue weighted by Gasteiger charge is -2.26. The van der Waals surface area contributed by atoms with E-state index in [1.54, 1.807) is 0 Å². The second kappa shape index (κ2) is 6.86. The summed E-state index contributed by atoms with van der Waals surface area (Å²) in [5.41, 5.74) is 0. The number of rotatable bonds is 6. The minimum atomic E-state index is -0.0377. The van der Waals surface area contributed by atoms with Gasteiger partial charge >= 0.3 is 5.97 Å². The number of carbonyl (C=O) groups is 1. The maximum atomic E-state index is 11.7. The lowest BCUT2D eigenvalue weighted by atomic mass is 9.96. The average molecular weight is 214 g/mol. The number of ether oxygens (including phenoxy) is 1. The Hall–Kier alpha value is -0.530. The molecule has 0 aromatic carbocycles. The van der Waals surface area contributed by atoms with Gasteiger partial charge in [-0.05, 0) is 18.3 Å². The second-order valence-corrected chi connectivity index (χ2v) is 5.08. The fourth-order valence-corrected chi connectivity index (χ4v) is 1.84. The summed E-state index contributed by atoms with van der Waals surface area (Å²) in [6, 6.07) is 0. The lowest BCUT2D eigenvalue weighted by molar-refractivity contribution is -0.158. The maximum absolute atomic E-state index is 11.7. The molecule has 0 bridgehead atoms. The van der Waals surface area contributed by atoms with E-state index in [1.807, 2.05) is 6.92 Å². The summed E-state index contributed by atoms with van der Waals surface area (Å²) in [6.45, 7) is 12.4. The van der Waals surface area contributed by atoms with Gasteiger partial charge in [-0.15, -0.1) is 0 Å². The fourth-order valence-electron chi connectivity index (χ4n) is 1.84. The van der Waals surface area contributed by atoms with Crippen molar-refractivity contribution in [2.75, 3.05) is 0 Å². The minimum absolute atomic E-state index is 0.0370. The first-order valence-corrected chi connectivity index (χ1v) is 6.10. The molecule has 15 heavy (non-hydrogen) atoms. The van der Waals surface area contributed by atoms with Crippen LogP contribution in [-0.4, -0.2) is 12.1 Å². The zero-order valence-electron chi connectivity index (χ0n) is 11.0. The van der Waals surface area contributed by atoms with Gasteiger partial charge in [-0.1, -0.05) is 48.0 Å². The zero-order chi connectivity index (χ0) is 12.0. The molecule has 0 fully saturated rings. The van der Waals surface area contributed by atoms with Gasteiger partial charge in [0, 0.05) is 0 Å². The Morgan fingerprint density at radius 2 is 1.53 bits per heavy atom. The van der Waals surface area contributed by atoms with Gasteiger partial charge in [-0.25, -0.2) is 0 Å². The third kappa shape index (κ3) is 5.19. The van der Waals surface area contributed by atoms with Crippen molar-refractivity contribution in [2.45, 2.75) is 60.5 Å². The second-order valence-electron chi connectivity index (χ2n) is 5.08. The highest BCUT2D eigenvalue weighted by molar-refractivity contribution is 5.72. The van der Waals surface area contributed by atoms with E-state index in [0.29, 0.717) is 11.8 Å². The Kier molecular flexibility index (Phi) is 6.62. The van der Waals surface area contributed by atoms with Crippen LogP contribution in [0.1, 0.15) is 54.4 Å². The summed E-state index contributed by atoms with van der Waals surface area (Å²) < 4.78 is 5.55. The molecule has 0 aromatic rings. The molecule has 2 heteroatoms. The molecule has 0 aromatic heterocycles. The van der Waals surface area contributed by atoms with Crippen LogP contribution in [-0.2, 0) is 9.53 Å². The van der Waals surface area contributed by atoms with Crippen LogP contribution >= 0.6 is 0 Å². The van der Waals surface area contributed by atoms with E-state index in [1.165, 1.54) is 0 Å². The van der Waals surface area contributed by atoms with Crippen LogP contribution in [0, 0.1) is 17.8 Å². The zero-order valence-corrected chi connectivity index (χ0v) is 11.0. The van der Waals surface area contributed by atoms with Crippen molar-refractivity contribution in [1.82, 2.24) is 0 Å². The van der Waals surface area contributed by atoms with Gasteiger partial charge in [0.2, 0.25) is 0 Å². The van der Waals surface area contributed by atoms with Crippen molar-refractivity contribution < 1.29 is 9.53 Å². The van der Waals surface area contributed by atoms with Gasteiger partial charge in [0.15, 0.2) is 0 Å². The molecule has 0 N–H and O–H groups in total. The van der Waals surface area contributed by atoms with Crippen LogP contribution in [0.3, 0.4) is 0 Å². The van der Waals surface area contributed by atoms with E-state index < -0.39 is 0 Å². The third-order valence-corrected chi connectivity index (χ3v) is 2.69. The van der Waals surface area contributed by atoms with E-state index in [9.17, 15) is 4.79 Å². The van der Waals surface area contributed by atoms with Crippen LogP contribution in [0.15, 0.2) is 0 Å². The van der Waals surface area contributed by atoms with Crippen molar-refractivity contribution in [1.29, 1.82) is 0 Å². The molecule has 1 atom stereocenters. The van der Waals surface area contributed by atoms with Crippen molar-refractivity contribution in [3.8, 4) is 0 Å². The molecule has 0 saturated carbocycles. The van der Waals surface area contributed by atoms with Crippen LogP contribution in [0.4, 0.5) is 0 Å². The molecule has 90 valence electrons. The smallest absolute Gasteiger partial charge is 0.308 e. The molecule has 0 saturated heterocycles. The summed E-state index contributed by atoms with van der Waals surface area (Å²) >= 11 is 0. The first-order valence-electron chi connectivity index (χ1n) is 6.10. The average Bonchev–Trinajstić information content (AvgIpc) is 2.12. The lowest BCUT2D eigenvalue weighted by Crippen LogP contribution is -2.31. The van der Waals surface area contributed by atoms with E-state index in [-0.39, 0.29) is 18.0 Å². The number of carbonyl (C=O) groups excluding carboxylic acids is 1. The van der Waals surface area contributed by atoms with Crippen molar-refractivity contribution in [2.24, 2.45) is 17.8 Å². The maximum Gasteiger partial charge on any atom is 0.308 e. The summed E-state index contributed by atoms with van der Waals surface area (Å²) in [7, 11) is 0. The summed E-state index contributed by atoms with van der Waals surface area (Å²) in [5, 5.41) is 0. The van der Waals surface area contributed by atoms with Crippen LogP contribution in [0.2, 0.25) is 0 Å². The molecule has 2 nitrogen and oxygen atoms in total. The quantitative estimate of drug-likeness (QED) is 0.631. The fraction of sp³-hybridized carbons (Fsp3) is 0.923. The van der Waals surface area contributed by atoms with E-state index in [0.717, 1.165) is 12.8 Å². The summed E-state index contributed by atoms with van der Waals surface area (Å²) in [6.07, 6.45) is 2.00. The first-order chi connectivity index (χ1) is 6.90. The molecule has 0 radical (unpaired) electrons. The molecule has 1 unspecified atom stereocenters. The van der Waals surface area contributed by atoms with Crippen LogP contribution < -0.4 is 0 Å². The Balaban J connectivity index is 4.23. The molecular formula is C13H26O2. The third-order valence-electron chi connectivity index (χ3n) is 2.69. The molecule has 0 aliphatic rings. The van der Waals surface area contributed by atoms with Crippen molar-refractivity contribution in [3.63, 3.8) is 0 Å². The highest BCUT2D eigenvalue weighted by Gasteiger charge is 2.24. The monoisotopic (exact) mass is 214 g/mol. The number of hydrogen-bond acceptors (Lipinski definition) is 2. The normalized spacial score (nSPS) is 13.7. The van der Waals surface area contributed by atoms with Gasteiger partial charge in [-0.3, -0.25) is 4.79 Å². The van der Waals surface area contributed by atoms with Gasteiger partial charge < -0.3 is 4.74 Å². The van der Waals surface area contributed by atoms with Gasteiger partial charge in [0.1, 0.15) is 6.10 Å². The van der Waals surface area contributed by atoms with Crippen molar-refractivity contribution >= 4 is 5.97 Å². The molecule has 0 heterocycles. The van der Waals surface area contributed by atoms with Gasteiger partial charge in [-0.2, -0.15) is 0 Å². The number of esters is 1. The Labute approximate surface area is 94.4 Å². The highest BCUT2D eigenvalue weighted by Crippen LogP contribution is 2.19. The molecule has 0 aliphatic heterocycles. The molecule has 0 amide bonds. The Morgan fingerprint density at radius 1 is 1.07 bits per heavy atom. The minimum Gasteiger partial charge on any atom is -0.462 e. The van der Waals surface area contributed by atoms with E-state index in [2.05, 4.69) is 34.6 Å². The predicted octanol–water partition coefficient (Wildman–Crippen LogP) is 3.65. The van der Waals surface area contributed by atoms with Crippen molar-refractivity contribution in [3.05, 3.63) is 0 Å². The SMILES string of the molecule is CCCC(C)C(=O)OC(C(C)C)C(C)C.